The number of nitrogens with zero attached hydrogens (tertiary/aromatic N) is 1. The number of unbranched alkanes of at least 4 members (excludes halogenated alkanes) is 6. The number of hydrogen-bond donors (Lipinski definition) is 0. The third-order valence-corrected chi connectivity index (χ3v) is 10.6. The van der Waals surface area contributed by atoms with Crippen LogP contribution >= 0.6 is 0 Å². The Morgan fingerprint density at radius 1 is 0.702 bits per heavy atom. The van der Waals surface area contributed by atoms with Gasteiger partial charge in [-0.3, -0.25) is 9.59 Å². The summed E-state index contributed by atoms with van der Waals surface area (Å²) in [5.41, 5.74) is 4.07. The molecule has 0 amide bonds. The van der Waals surface area contributed by atoms with Crippen molar-refractivity contribution in [2.75, 3.05) is 26.4 Å². The fourth-order valence-corrected chi connectivity index (χ4v) is 7.10. The van der Waals surface area contributed by atoms with Gasteiger partial charge < -0.3 is 23.7 Å². The molecule has 1 saturated carbocycles. The first-order chi connectivity index (χ1) is 27.8. The summed E-state index contributed by atoms with van der Waals surface area (Å²) in [7, 11) is 0. The van der Waals surface area contributed by atoms with Crippen molar-refractivity contribution < 1.29 is 38.1 Å². The van der Waals surface area contributed by atoms with Gasteiger partial charge in [-0.15, -0.1) is 0 Å². The van der Waals surface area contributed by atoms with Gasteiger partial charge in [-0.1, -0.05) is 56.8 Å². The molecule has 1 aliphatic carbocycles. The maximum atomic E-state index is 12.7. The van der Waals surface area contributed by atoms with Crippen LogP contribution in [0.25, 0.3) is 11.1 Å². The molecular weight excluding hydrogens is 719 g/mol. The Balaban J connectivity index is 0.967. The van der Waals surface area contributed by atoms with Crippen LogP contribution in [0.1, 0.15) is 121 Å². The van der Waals surface area contributed by atoms with Crippen molar-refractivity contribution in [2.24, 2.45) is 11.8 Å². The summed E-state index contributed by atoms with van der Waals surface area (Å²) in [5, 5.41) is 8.98. The monoisotopic (exact) mass is 779 g/mol. The Bertz CT molecular complexity index is 1690. The Morgan fingerprint density at radius 3 is 1.70 bits per heavy atom. The third-order valence-electron chi connectivity index (χ3n) is 10.6. The second kappa shape index (κ2) is 25.2. The van der Waals surface area contributed by atoms with E-state index < -0.39 is 0 Å². The van der Waals surface area contributed by atoms with Gasteiger partial charge in [0, 0.05) is 6.08 Å². The first-order valence-electron chi connectivity index (χ1n) is 20.9. The number of hydrogen-bond acceptors (Lipinski definition) is 9. The molecule has 57 heavy (non-hydrogen) atoms. The van der Waals surface area contributed by atoms with E-state index >= 15 is 0 Å². The molecule has 0 aliphatic heterocycles. The highest BCUT2D eigenvalue weighted by Crippen LogP contribution is 2.35. The van der Waals surface area contributed by atoms with Crippen LogP contribution < -0.4 is 9.47 Å². The lowest BCUT2D eigenvalue weighted by molar-refractivity contribution is -0.152. The Kier molecular flexibility index (Phi) is 19.7. The van der Waals surface area contributed by atoms with E-state index in [4.69, 9.17) is 28.9 Å². The minimum Gasteiger partial charge on any atom is -0.494 e. The predicted octanol–water partition coefficient (Wildman–Crippen LogP) is 10.7. The van der Waals surface area contributed by atoms with E-state index in [0.717, 1.165) is 99.7 Å². The van der Waals surface area contributed by atoms with Crippen molar-refractivity contribution in [2.45, 2.75) is 116 Å². The molecular formula is C48H61NO8. The zero-order valence-corrected chi connectivity index (χ0v) is 34.0. The van der Waals surface area contributed by atoms with E-state index in [1.165, 1.54) is 11.6 Å². The first kappa shape index (κ1) is 44.6. The van der Waals surface area contributed by atoms with E-state index in [2.05, 4.69) is 24.8 Å². The van der Waals surface area contributed by atoms with Gasteiger partial charge in [0.25, 0.3) is 0 Å². The maximum Gasteiger partial charge on any atom is 0.330 e. The molecule has 1 aliphatic rings. The van der Waals surface area contributed by atoms with Gasteiger partial charge >= 0.3 is 17.9 Å². The summed E-state index contributed by atoms with van der Waals surface area (Å²) in [4.78, 5) is 36.8. The van der Waals surface area contributed by atoms with Gasteiger partial charge in [0.15, 0.2) is 0 Å². The molecule has 0 radical (unpaired) electrons. The minimum atomic E-state index is -0.369. The number of esters is 3. The topological polar surface area (TPSA) is 121 Å². The van der Waals surface area contributed by atoms with Crippen molar-refractivity contribution >= 4 is 17.9 Å². The van der Waals surface area contributed by atoms with Crippen LogP contribution in [0.3, 0.4) is 0 Å². The molecule has 3 aromatic carbocycles. The highest BCUT2D eigenvalue weighted by Gasteiger charge is 2.26. The zero-order valence-electron chi connectivity index (χ0n) is 34.0. The fourth-order valence-electron chi connectivity index (χ4n) is 7.10. The molecule has 1 fully saturated rings. The molecule has 0 N–H and O–H groups in total. The van der Waals surface area contributed by atoms with Crippen LogP contribution in [0.5, 0.6) is 11.5 Å². The summed E-state index contributed by atoms with van der Waals surface area (Å²) in [6.07, 6.45) is 13.3. The van der Waals surface area contributed by atoms with Gasteiger partial charge in [0.1, 0.15) is 17.6 Å². The number of carbonyl (C=O) groups is 3. The lowest BCUT2D eigenvalue weighted by atomic mass is 9.83. The van der Waals surface area contributed by atoms with Crippen molar-refractivity contribution in [3.63, 3.8) is 0 Å². The number of ether oxygens (including phenoxy) is 5. The SMILES string of the molecule is C=CC(=O)OC1CCC(c2ccc(OCCCCCCOC(=O)C(CC)CC(C)C(=O)OCCCCCCOc3ccc(-c4ccc(C#N)cc4)cc3)cc2)CC1. The van der Waals surface area contributed by atoms with Crippen LogP contribution in [0.2, 0.25) is 0 Å². The summed E-state index contributed by atoms with van der Waals surface area (Å²) in [6.45, 7) is 9.25. The van der Waals surface area contributed by atoms with Crippen molar-refractivity contribution in [1.82, 2.24) is 0 Å². The summed E-state index contributed by atoms with van der Waals surface area (Å²) in [6, 6.07) is 26.0. The van der Waals surface area contributed by atoms with Gasteiger partial charge in [-0.25, -0.2) is 4.79 Å². The van der Waals surface area contributed by atoms with Crippen LogP contribution in [0.15, 0.2) is 85.5 Å². The molecule has 0 saturated heterocycles. The molecule has 2 atom stereocenters. The van der Waals surface area contributed by atoms with Gasteiger partial charge in [0.2, 0.25) is 0 Å². The van der Waals surface area contributed by atoms with E-state index in [-0.39, 0.29) is 35.8 Å². The fraction of sp³-hybridized carbons (Fsp3) is 0.500. The van der Waals surface area contributed by atoms with Crippen molar-refractivity contribution in [1.29, 1.82) is 5.26 Å². The molecule has 9 nitrogen and oxygen atoms in total. The Morgan fingerprint density at radius 2 is 1.19 bits per heavy atom. The zero-order chi connectivity index (χ0) is 40.7. The standard InChI is InChI=1S/C48H61NO8/c1-4-38(34-36(3)47(51)55-32-12-8-6-10-30-53-43-24-18-40(19-25-43)39-16-14-37(35-49)15-17-39)48(52)56-33-13-9-7-11-31-54-44-26-20-41(21-27-44)42-22-28-45(29-23-42)57-46(50)5-2/h5,14-21,24-27,36,38,42,45H,2,4,6-13,22-23,28-34H2,1,3H3. The minimum absolute atomic E-state index is 0.00673. The van der Waals surface area contributed by atoms with E-state index in [9.17, 15) is 14.4 Å². The van der Waals surface area contributed by atoms with Crippen LogP contribution in [0.4, 0.5) is 0 Å². The first-order valence-corrected chi connectivity index (χ1v) is 20.9. The Hall–Kier alpha value is -5.10. The van der Waals surface area contributed by atoms with Gasteiger partial charge in [-0.05, 0) is 149 Å². The molecule has 9 heteroatoms. The molecule has 0 aromatic heterocycles. The van der Waals surface area contributed by atoms with Crippen LogP contribution in [-0.2, 0) is 28.6 Å². The van der Waals surface area contributed by atoms with E-state index in [1.807, 2.05) is 74.5 Å². The molecule has 2 unspecified atom stereocenters. The van der Waals surface area contributed by atoms with Crippen molar-refractivity contribution in [3.05, 3.63) is 96.6 Å². The van der Waals surface area contributed by atoms with Crippen LogP contribution in [0, 0.1) is 23.2 Å². The van der Waals surface area contributed by atoms with Crippen molar-refractivity contribution in [3.8, 4) is 28.7 Å². The Labute approximate surface area is 339 Å². The number of nitriles is 1. The second-order valence-electron chi connectivity index (χ2n) is 15.0. The largest absolute Gasteiger partial charge is 0.494 e. The number of rotatable bonds is 25. The molecule has 0 bridgehead atoms. The average Bonchev–Trinajstić information content (AvgIpc) is 3.25. The normalized spacial score (nSPS) is 16.0. The number of benzene rings is 3. The number of carbonyl (C=O) groups excluding carboxylic acids is 3. The molecule has 0 heterocycles. The quantitative estimate of drug-likeness (QED) is 0.0358. The smallest absolute Gasteiger partial charge is 0.330 e. The highest BCUT2D eigenvalue weighted by atomic mass is 16.5. The lowest BCUT2D eigenvalue weighted by Gasteiger charge is -2.28. The molecule has 306 valence electrons. The van der Waals surface area contributed by atoms with E-state index in [0.29, 0.717) is 50.8 Å². The van der Waals surface area contributed by atoms with Gasteiger partial charge in [0.05, 0.1) is 49.9 Å². The van der Waals surface area contributed by atoms with Crippen LogP contribution in [-0.4, -0.2) is 50.4 Å². The predicted molar refractivity (Wildman–Crippen MR) is 222 cm³/mol. The highest BCUT2D eigenvalue weighted by molar-refractivity contribution is 5.81. The summed E-state index contributed by atoms with van der Waals surface area (Å²) < 4.78 is 28.3. The second-order valence-corrected chi connectivity index (χ2v) is 15.0. The van der Waals surface area contributed by atoms with Gasteiger partial charge in [-0.2, -0.15) is 5.26 Å². The molecule has 3 aromatic rings. The summed E-state index contributed by atoms with van der Waals surface area (Å²) in [5.74, 6) is 0.628. The average molecular weight is 780 g/mol. The maximum absolute atomic E-state index is 12.7. The third kappa shape index (κ3) is 16.1. The molecule has 0 spiro atoms. The summed E-state index contributed by atoms with van der Waals surface area (Å²) >= 11 is 0. The molecule has 4 rings (SSSR count). The lowest BCUT2D eigenvalue weighted by Crippen LogP contribution is -2.24. The van der Waals surface area contributed by atoms with E-state index in [1.54, 1.807) is 0 Å².